The molecule has 31 heavy (non-hydrogen) atoms. The Kier molecular flexibility index (Phi) is 4.91. The molecule has 0 atom stereocenters. The van der Waals surface area contributed by atoms with Gasteiger partial charge in [-0.3, -0.25) is 4.68 Å². The number of hydrogen-bond acceptors (Lipinski definition) is 6. The van der Waals surface area contributed by atoms with E-state index in [9.17, 15) is 13.2 Å². The maximum absolute atomic E-state index is 14.5. The summed E-state index contributed by atoms with van der Waals surface area (Å²) in [6.45, 7) is 7.61. The van der Waals surface area contributed by atoms with Gasteiger partial charge in [0.15, 0.2) is 23.3 Å². The van der Waals surface area contributed by atoms with Gasteiger partial charge in [-0.15, -0.1) is 10.2 Å². The van der Waals surface area contributed by atoms with Crippen LogP contribution in [-0.2, 0) is 19.1 Å². The molecule has 4 aromatic rings. The SMILES string of the molecule is Cc1nnc(-c2c(F)ccc(F)c2F)n2nc(OCc3ncnn3C)c(C(C)(C)C)c12. The Morgan fingerprint density at radius 1 is 1.06 bits per heavy atom. The highest BCUT2D eigenvalue weighted by atomic mass is 19.2. The summed E-state index contributed by atoms with van der Waals surface area (Å²) in [7, 11) is 1.73. The molecule has 0 unspecified atom stereocenters. The fourth-order valence-electron chi connectivity index (χ4n) is 3.35. The average Bonchev–Trinajstić information content (AvgIpc) is 3.28. The quantitative estimate of drug-likeness (QED) is 0.460. The van der Waals surface area contributed by atoms with Crippen molar-refractivity contribution in [3.8, 4) is 17.3 Å². The molecular weight excluding hydrogens is 411 g/mol. The molecule has 0 saturated carbocycles. The number of hydrogen-bond donors (Lipinski definition) is 0. The molecule has 3 aromatic heterocycles. The zero-order valence-electron chi connectivity index (χ0n) is 17.6. The number of halogens is 3. The van der Waals surface area contributed by atoms with Gasteiger partial charge in [0.1, 0.15) is 18.8 Å². The Labute approximate surface area is 175 Å². The molecule has 1 aromatic carbocycles. The highest BCUT2D eigenvalue weighted by Gasteiger charge is 2.31. The second kappa shape index (κ2) is 7.33. The number of nitrogens with zero attached hydrogens (tertiary/aromatic N) is 7. The summed E-state index contributed by atoms with van der Waals surface area (Å²) in [5.74, 6) is -3.02. The molecule has 0 bridgehead atoms. The van der Waals surface area contributed by atoms with Crippen LogP contribution in [0.4, 0.5) is 13.2 Å². The van der Waals surface area contributed by atoms with E-state index in [-0.39, 0.29) is 18.3 Å². The van der Waals surface area contributed by atoms with E-state index in [0.29, 0.717) is 28.7 Å². The topological polar surface area (TPSA) is 83.0 Å². The zero-order chi connectivity index (χ0) is 22.5. The van der Waals surface area contributed by atoms with Crippen LogP contribution >= 0.6 is 0 Å². The predicted octanol–water partition coefficient (Wildman–Crippen LogP) is 3.52. The van der Waals surface area contributed by atoms with E-state index in [1.165, 1.54) is 10.8 Å². The minimum Gasteiger partial charge on any atom is -0.468 e. The summed E-state index contributed by atoms with van der Waals surface area (Å²) < 4.78 is 51.6. The molecule has 11 heteroatoms. The Hall–Kier alpha value is -3.50. The van der Waals surface area contributed by atoms with E-state index in [4.69, 9.17) is 4.74 Å². The number of fused-ring (bicyclic) bond motifs is 1. The first kappa shape index (κ1) is 20.8. The normalized spacial score (nSPS) is 12.0. The molecular formula is C20H20F3N7O. The van der Waals surface area contributed by atoms with E-state index < -0.39 is 28.4 Å². The van der Waals surface area contributed by atoms with Crippen LogP contribution in [0.2, 0.25) is 0 Å². The summed E-state index contributed by atoms with van der Waals surface area (Å²) in [5, 5.41) is 16.4. The molecule has 0 amide bonds. The number of aromatic nitrogens is 7. The van der Waals surface area contributed by atoms with Crippen molar-refractivity contribution in [2.75, 3.05) is 0 Å². The van der Waals surface area contributed by atoms with Crippen molar-refractivity contribution in [1.82, 2.24) is 34.6 Å². The van der Waals surface area contributed by atoms with Gasteiger partial charge in [0.25, 0.3) is 0 Å². The minimum atomic E-state index is -1.37. The van der Waals surface area contributed by atoms with Crippen LogP contribution in [0.25, 0.3) is 16.9 Å². The van der Waals surface area contributed by atoms with Crippen molar-refractivity contribution in [1.29, 1.82) is 0 Å². The maximum atomic E-state index is 14.5. The molecule has 4 rings (SSSR count). The number of aryl methyl sites for hydroxylation is 2. The van der Waals surface area contributed by atoms with Crippen LogP contribution in [0.1, 0.15) is 37.9 Å². The maximum Gasteiger partial charge on any atom is 0.238 e. The Morgan fingerprint density at radius 2 is 1.77 bits per heavy atom. The first-order valence-electron chi connectivity index (χ1n) is 9.45. The van der Waals surface area contributed by atoms with Gasteiger partial charge in [-0.05, 0) is 24.5 Å². The van der Waals surface area contributed by atoms with Crippen LogP contribution in [0.15, 0.2) is 18.5 Å². The molecule has 0 aliphatic heterocycles. The van der Waals surface area contributed by atoms with Crippen molar-refractivity contribution in [2.24, 2.45) is 7.05 Å². The first-order chi connectivity index (χ1) is 14.6. The third-order valence-electron chi connectivity index (χ3n) is 4.85. The van der Waals surface area contributed by atoms with Crippen LogP contribution in [0, 0.1) is 24.4 Å². The fourth-order valence-corrected chi connectivity index (χ4v) is 3.35. The molecule has 8 nitrogen and oxygen atoms in total. The third-order valence-corrected chi connectivity index (χ3v) is 4.85. The van der Waals surface area contributed by atoms with Crippen LogP contribution in [0.5, 0.6) is 5.88 Å². The van der Waals surface area contributed by atoms with Gasteiger partial charge in [0, 0.05) is 12.6 Å². The molecule has 0 aliphatic carbocycles. The van der Waals surface area contributed by atoms with Gasteiger partial charge in [-0.1, -0.05) is 20.8 Å². The van der Waals surface area contributed by atoms with Crippen LogP contribution < -0.4 is 4.74 Å². The molecule has 3 heterocycles. The first-order valence-corrected chi connectivity index (χ1v) is 9.45. The Balaban J connectivity index is 1.96. The lowest BCUT2D eigenvalue weighted by Crippen LogP contribution is -2.14. The summed E-state index contributed by atoms with van der Waals surface area (Å²) in [6.07, 6.45) is 1.40. The smallest absolute Gasteiger partial charge is 0.238 e. The van der Waals surface area contributed by atoms with Gasteiger partial charge in [0.2, 0.25) is 5.88 Å². The van der Waals surface area contributed by atoms with Crippen molar-refractivity contribution in [3.63, 3.8) is 0 Å². The predicted molar refractivity (Wildman–Crippen MR) is 105 cm³/mol. The van der Waals surface area contributed by atoms with Crippen LogP contribution in [-0.4, -0.2) is 34.6 Å². The average molecular weight is 431 g/mol. The number of benzene rings is 1. The molecule has 0 aliphatic rings. The third kappa shape index (κ3) is 3.49. The number of ether oxygens (including phenoxy) is 1. The summed E-state index contributed by atoms with van der Waals surface area (Å²) >= 11 is 0. The van der Waals surface area contributed by atoms with Crippen molar-refractivity contribution >= 4 is 5.52 Å². The summed E-state index contributed by atoms with van der Waals surface area (Å²) in [5.41, 5.74) is 0.502. The Bertz CT molecular complexity index is 1290. The van der Waals surface area contributed by atoms with Gasteiger partial charge < -0.3 is 4.74 Å². The second-order valence-corrected chi connectivity index (χ2v) is 8.11. The van der Waals surface area contributed by atoms with E-state index in [1.54, 1.807) is 18.7 Å². The Morgan fingerprint density at radius 3 is 2.42 bits per heavy atom. The lowest BCUT2D eigenvalue weighted by atomic mass is 9.87. The lowest BCUT2D eigenvalue weighted by molar-refractivity contribution is 0.270. The number of rotatable bonds is 4. The van der Waals surface area contributed by atoms with Gasteiger partial charge in [0.05, 0.1) is 16.8 Å². The van der Waals surface area contributed by atoms with Crippen molar-refractivity contribution < 1.29 is 17.9 Å². The molecule has 0 spiro atoms. The van der Waals surface area contributed by atoms with Gasteiger partial charge >= 0.3 is 0 Å². The molecule has 0 N–H and O–H groups in total. The summed E-state index contributed by atoms with van der Waals surface area (Å²) in [4.78, 5) is 4.12. The van der Waals surface area contributed by atoms with E-state index >= 15 is 0 Å². The largest absolute Gasteiger partial charge is 0.468 e. The van der Waals surface area contributed by atoms with Gasteiger partial charge in [-0.2, -0.15) is 10.2 Å². The molecule has 0 radical (unpaired) electrons. The van der Waals surface area contributed by atoms with Crippen molar-refractivity contribution in [3.05, 3.63) is 53.0 Å². The van der Waals surface area contributed by atoms with Crippen molar-refractivity contribution in [2.45, 2.75) is 39.7 Å². The standard InChI is InChI=1S/C20H20F3N7O/c1-10-17-15(20(2,3)4)19(31-8-13-24-9-25-29(13)5)28-30(17)18(27-26-10)14-11(21)6-7-12(22)16(14)23/h6-7,9H,8H2,1-5H3. The minimum absolute atomic E-state index is 0.0708. The lowest BCUT2D eigenvalue weighted by Gasteiger charge is -2.19. The summed E-state index contributed by atoms with van der Waals surface area (Å²) in [6, 6.07) is 1.55. The second-order valence-electron chi connectivity index (χ2n) is 8.11. The highest BCUT2D eigenvalue weighted by molar-refractivity contribution is 5.69. The van der Waals surface area contributed by atoms with E-state index in [0.717, 1.165) is 6.07 Å². The monoisotopic (exact) mass is 431 g/mol. The van der Waals surface area contributed by atoms with E-state index in [2.05, 4.69) is 25.4 Å². The molecule has 162 valence electrons. The van der Waals surface area contributed by atoms with E-state index in [1.807, 2.05) is 20.8 Å². The molecule has 0 saturated heterocycles. The fraction of sp³-hybridized carbons (Fsp3) is 0.350. The highest BCUT2D eigenvalue weighted by Crippen LogP contribution is 2.38. The zero-order valence-corrected chi connectivity index (χ0v) is 17.6. The van der Waals surface area contributed by atoms with Crippen LogP contribution in [0.3, 0.4) is 0 Å². The molecule has 0 fully saturated rings. The van der Waals surface area contributed by atoms with Gasteiger partial charge in [-0.25, -0.2) is 22.7 Å².